The Labute approximate surface area is 78.5 Å². The van der Waals surface area contributed by atoms with Gasteiger partial charge in [-0.05, 0) is 43.8 Å². The van der Waals surface area contributed by atoms with Gasteiger partial charge in [-0.25, -0.2) is 0 Å². The lowest BCUT2D eigenvalue weighted by atomic mass is 9.69. The molecule has 3 aliphatic carbocycles. The molecule has 0 aliphatic heterocycles. The fraction of sp³-hybridized carbons (Fsp3) is 0.583. The maximum absolute atomic E-state index is 11.3. The molecule has 0 aromatic rings. The molecule has 0 aromatic carbocycles. The van der Waals surface area contributed by atoms with Crippen molar-refractivity contribution in [2.75, 3.05) is 0 Å². The Balaban J connectivity index is 2.11. The van der Waals surface area contributed by atoms with Crippen LogP contribution in [0.5, 0.6) is 0 Å². The summed E-state index contributed by atoms with van der Waals surface area (Å²) in [6.45, 7) is 0. The first-order valence-electron chi connectivity index (χ1n) is 5.25. The van der Waals surface area contributed by atoms with Crippen LogP contribution in [0.2, 0.25) is 0 Å². The van der Waals surface area contributed by atoms with Crippen LogP contribution < -0.4 is 0 Å². The average molecular weight is 174 g/mol. The van der Waals surface area contributed by atoms with E-state index >= 15 is 0 Å². The molecule has 2 unspecified atom stereocenters. The predicted octanol–water partition coefficient (Wildman–Crippen LogP) is 2.63. The van der Waals surface area contributed by atoms with Gasteiger partial charge in [0.2, 0.25) is 0 Å². The minimum absolute atomic E-state index is 0.208. The molecule has 1 nitrogen and oxygen atoms in total. The van der Waals surface area contributed by atoms with Gasteiger partial charge in [-0.2, -0.15) is 0 Å². The third-order valence-corrected chi connectivity index (χ3v) is 3.99. The fourth-order valence-corrected chi connectivity index (χ4v) is 3.34. The normalized spacial score (nSPS) is 41.7. The second-order valence-electron chi connectivity index (χ2n) is 4.62. The van der Waals surface area contributed by atoms with Crippen molar-refractivity contribution >= 4 is 5.78 Å². The maximum atomic E-state index is 11.3. The van der Waals surface area contributed by atoms with Crippen molar-refractivity contribution in [1.82, 2.24) is 0 Å². The van der Waals surface area contributed by atoms with Gasteiger partial charge in [0.25, 0.3) is 0 Å². The van der Waals surface area contributed by atoms with Crippen LogP contribution in [0.25, 0.3) is 0 Å². The minimum atomic E-state index is 0.208. The second-order valence-corrected chi connectivity index (χ2v) is 4.62. The van der Waals surface area contributed by atoms with Crippen molar-refractivity contribution in [3.63, 3.8) is 0 Å². The average Bonchev–Trinajstić information content (AvgIpc) is 2.37. The van der Waals surface area contributed by atoms with E-state index < -0.39 is 0 Å². The van der Waals surface area contributed by atoms with Gasteiger partial charge >= 0.3 is 0 Å². The van der Waals surface area contributed by atoms with Gasteiger partial charge in [-0.15, -0.1) is 0 Å². The van der Waals surface area contributed by atoms with Gasteiger partial charge in [-0.3, -0.25) is 4.79 Å². The third-order valence-electron chi connectivity index (χ3n) is 3.99. The molecular weight excluding hydrogens is 160 g/mol. The summed E-state index contributed by atoms with van der Waals surface area (Å²) in [6, 6.07) is 0. The number of carbonyl (C=O) groups excluding carboxylic acids is 1. The first kappa shape index (κ1) is 7.54. The Morgan fingerprint density at radius 3 is 3.15 bits per heavy atom. The molecule has 2 atom stereocenters. The molecule has 1 heteroatoms. The molecule has 2 fully saturated rings. The van der Waals surface area contributed by atoms with E-state index in [1.54, 1.807) is 6.08 Å². The lowest BCUT2D eigenvalue weighted by Gasteiger charge is -2.35. The third kappa shape index (κ3) is 0.903. The molecule has 2 bridgehead atoms. The van der Waals surface area contributed by atoms with E-state index in [1.807, 2.05) is 6.08 Å². The van der Waals surface area contributed by atoms with Crippen molar-refractivity contribution in [2.45, 2.75) is 32.1 Å². The number of hydrogen-bond donors (Lipinski definition) is 0. The SMILES string of the molecule is O=C1C=CC23CCCC(CC2)C3=C1. The molecule has 0 radical (unpaired) electrons. The smallest absolute Gasteiger partial charge is 0.178 e. The van der Waals surface area contributed by atoms with E-state index in [0.29, 0.717) is 5.41 Å². The molecule has 3 aliphatic rings. The van der Waals surface area contributed by atoms with Crippen molar-refractivity contribution in [2.24, 2.45) is 11.3 Å². The molecule has 68 valence electrons. The molecule has 2 saturated carbocycles. The number of allylic oxidation sites excluding steroid dienone is 4. The van der Waals surface area contributed by atoms with Crippen molar-refractivity contribution < 1.29 is 4.79 Å². The van der Waals surface area contributed by atoms with Crippen molar-refractivity contribution in [3.05, 3.63) is 23.8 Å². The van der Waals surface area contributed by atoms with E-state index in [-0.39, 0.29) is 5.78 Å². The maximum Gasteiger partial charge on any atom is 0.178 e. The summed E-state index contributed by atoms with van der Waals surface area (Å²) in [5.41, 5.74) is 1.79. The summed E-state index contributed by atoms with van der Waals surface area (Å²) < 4.78 is 0. The highest BCUT2D eigenvalue weighted by Gasteiger charge is 2.45. The van der Waals surface area contributed by atoms with Crippen LogP contribution in [0, 0.1) is 11.3 Å². The lowest BCUT2D eigenvalue weighted by molar-refractivity contribution is -0.110. The lowest BCUT2D eigenvalue weighted by Crippen LogP contribution is -2.25. The highest BCUT2D eigenvalue weighted by molar-refractivity contribution is 6.01. The molecule has 0 N–H and O–H groups in total. The summed E-state index contributed by atoms with van der Waals surface area (Å²) in [6.07, 6.45) is 12.4. The van der Waals surface area contributed by atoms with Crippen molar-refractivity contribution in [1.29, 1.82) is 0 Å². The number of carbonyl (C=O) groups is 1. The first-order chi connectivity index (χ1) is 6.30. The zero-order chi connectivity index (χ0) is 8.89. The molecule has 0 amide bonds. The second kappa shape index (κ2) is 2.34. The molecular formula is C12H14O. The van der Waals surface area contributed by atoms with E-state index in [1.165, 1.54) is 37.7 Å². The summed E-state index contributed by atoms with van der Waals surface area (Å²) in [7, 11) is 0. The van der Waals surface area contributed by atoms with Crippen LogP contribution in [0.1, 0.15) is 32.1 Å². The van der Waals surface area contributed by atoms with Gasteiger partial charge in [0.05, 0.1) is 0 Å². The summed E-state index contributed by atoms with van der Waals surface area (Å²) in [4.78, 5) is 11.3. The highest BCUT2D eigenvalue weighted by atomic mass is 16.1. The van der Waals surface area contributed by atoms with Crippen molar-refractivity contribution in [3.8, 4) is 0 Å². The predicted molar refractivity (Wildman–Crippen MR) is 51.2 cm³/mol. The fourth-order valence-electron chi connectivity index (χ4n) is 3.34. The molecule has 13 heavy (non-hydrogen) atoms. The van der Waals surface area contributed by atoms with Crippen LogP contribution >= 0.6 is 0 Å². The number of hydrogen-bond acceptors (Lipinski definition) is 1. The minimum Gasteiger partial charge on any atom is -0.290 e. The van der Waals surface area contributed by atoms with E-state index in [2.05, 4.69) is 6.08 Å². The summed E-state index contributed by atoms with van der Waals surface area (Å²) >= 11 is 0. The Morgan fingerprint density at radius 1 is 1.31 bits per heavy atom. The molecule has 0 heterocycles. The molecule has 3 rings (SSSR count). The Bertz CT molecular complexity index is 320. The first-order valence-corrected chi connectivity index (χ1v) is 5.25. The van der Waals surface area contributed by atoms with Crippen LogP contribution in [0.3, 0.4) is 0 Å². The van der Waals surface area contributed by atoms with Gasteiger partial charge in [0, 0.05) is 5.41 Å². The van der Waals surface area contributed by atoms with E-state index in [4.69, 9.17) is 0 Å². The highest BCUT2D eigenvalue weighted by Crippen LogP contribution is 2.57. The number of ketones is 1. The molecule has 0 spiro atoms. The Morgan fingerprint density at radius 2 is 2.23 bits per heavy atom. The Kier molecular flexibility index (Phi) is 1.36. The van der Waals surface area contributed by atoms with E-state index in [0.717, 1.165) is 5.92 Å². The summed E-state index contributed by atoms with van der Waals surface area (Å²) in [5, 5.41) is 0. The topological polar surface area (TPSA) is 17.1 Å². The Hall–Kier alpha value is -0.850. The van der Waals surface area contributed by atoms with Crippen LogP contribution in [-0.2, 0) is 4.79 Å². The molecule has 0 saturated heterocycles. The summed E-state index contributed by atoms with van der Waals surface area (Å²) in [5.74, 6) is 0.946. The van der Waals surface area contributed by atoms with Crippen LogP contribution in [-0.4, -0.2) is 5.78 Å². The van der Waals surface area contributed by atoms with E-state index in [9.17, 15) is 4.79 Å². The van der Waals surface area contributed by atoms with Gasteiger partial charge in [-0.1, -0.05) is 18.1 Å². The van der Waals surface area contributed by atoms with Gasteiger partial charge < -0.3 is 0 Å². The largest absolute Gasteiger partial charge is 0.290 e. The quantitative estimate of drug-likeness (QED) is 0.551. The number of rotatable bonds is 0. The van der Waals surface area contributed by atoms with Crippen LogP contribution in [0.4, 0.5) is 0 Å². The van der Waals surface area contributed by atoms with Gasteiger partial charge in [0.15, 0.2) is 5.78 Å². The zero-order valence-electron chi connectivity index (χ0n) is 7.75. The van der Waals surface area contributed by atoms with Crippen LogP contribution in [0.15, 0.2) is 23.8 Å². The zero-order valence-corrected chi connectivity index (χ0v) is 7.75. The monoisotopic (exact) mass is 174 g/mol. The van der Waals surface area contributed by atoms with Gasteiger partial charge in [0.1, 0.15) is 0 Å². The standard InChI is InChI=1S/C12H14O/c13-10-4-7-12-5-1-2-9(3-6-12)11(12)8-10/h4,7-9H,1-3,5-6H2. The molecule has 0 aromatic heterocycles.